The van der Waals surface area contributed by atoms with Gasteiger partial charge in [0.1, 0.15) is 0 Å². The number of nitrogens with two attached hydrogens (primary N) is 1. The van der Waals surface area contributed by atoms with Crippen LogP contribution in [0.25, 0.3) is 10.8 Å². The number of hydrogen-bond donors (Lipinski definition) is 1. The van der Waals surface area contributed by atoms with Crippen molar-refractivity contribution in [1.29, 1.82) is 0 Å². The van der Waals surface area contributed by atoms with Crippen molar-refractivity contribution in [2.24, 2.45) is 5.73 Å². The second kappa shape index (κ2) is 8.20. The lowest BCUT2D eigenvalue weighted by atomic mass is 10.2. The van der Waals surface area contributed by atoms with Crippen LogP contribution in [0.4, 0.5) is 0 Å². The third-order valence-electron chi connectivity index (χ3n) is 1.55. The molecule has 2 nitrogen and oxygen atoms in total. The van der Waals surface area contributed by atoms with E-state index in [4.69, 9.17) is 0 Å². The third-order valence-corrected chi connectivity index (χ3v) is 1.55. The predicted octanol–water partition coefficient (Wildman–Crippen LogP) is 2.84. The molecule has 1 aromatic carbocycles. The summed E-state index contributed by atoms with van der Waals surface area (Å²) in [5.74, 6) is 0. The van der Waals surface area contributed by atoms with Gasteiger partial charge in [-0.1, -0.05) is 38.1 Å². The minimum absolute atomic E-state index is 1.20. The first-order chi connectivity index (χ1) is 6.97. The van der Waals surface area contributed by atoms with E-state index in [1.807, 2.05) is 44.4 Å². The van der Waals surface area contributed by atoms with Gasteiger partial charge in [-0.2, -0.15) is 0 Å². The summed E-state index contributed by atoms with van der Waals surface area (Å²) in [5.41, 5.74) is 4.50. The number of benzene rings is 1. The summed E-state index contributed by atoms with van der Waals surface area (Å²) in [6, 6.07) is 10.2. The predicted molar refractivity (Wildman–Crippen MR) is 63.2 cm³/mol. The maximum Gasteiger partial charge on any atom is 0.0346 e. The fourth-order valence-electron chi connectivity index (χ4n) is 1.03. The summed E-state index contributed by atoms with van der Waals surface area (Å²) in [4.78, 5) is 4.01. The normalized spacial score (nSPS) is 8.00. The summed E-state index contributed by atoms with van der Waals surface area (Å²) in [5, 5.41) is 2.45. The first-order valence-corrected chi connectivity index (χ1v) is 4.83. The Morgan fingerprint density at radius 2 is 1.50 bits per heavy atom. The van der Waals surface area contributed by atoms with E-state index in [0.717, 1.165) is 0 Å². The molecule has 0 atom stereocenters. The highest BCUT2D eigenvalue weighted by Crippen LogP contribution is 2.09. The van der Waals surface area contributed by atoms with Crippen molar-refractivity contribution in [3.05, 3.63) is 42.7 Å². The number of fused-ring (bicyclic) bond motifs is 1. The maximum atomic E-state index is 4.50. The second-order valence-electron chi connectivity index (χ2n) is 2.22. The molecule has 14 heavy (non-hydrogen) atoms. The molecule has 0 unspecified atom stereocenters. The van der Waals surface area contributed by atoms with E-state index in [-0.39, 0.29) is 0 Å². The molecule has 0 radical (unpaired) electrons. The molecule has 0 saturated heterocycles. The summed E-state index contributed by atoms with van der Waals surface area (Å²) >= 11 is 0. The Kier molecular flexibility index (Phi) is 7.37. The minimum Gasteiger partial charge on any atom is -0.333 e. The van der Waals surface area contributed by atoms with Crippen molar-refractivity contribution in [2.75, 3.05) is 7.05 Å². The van der Waals surface area contributed by atoms with E-state index >= 15 is 0 Å². The van der Waals surface area contributed by atoms with Gasteiger partial charge in [0.25, 0.3) is 0 Å². The Balaban J connectivity index is 0.000000379. The van der Waals surface area contributed by atoms with Gasteiger partial charge >= 0.3 is 0 Å². The summed E-state index contributed by atoms with van der Waals surface area (Å²) in [7, 11) is 1.50. The molecule has 0 spiro atoms. The fourth-order valence-corrected chi connectivity index (χ4v) is 1.03. The van der Waals surface area contributed by atoms with Crippen LogP contribution in [0.1, 0.15) is 13.8 Å². The standard InChI is InChI=1S/C9H7N.C2H6.CH5N/c1-2-4-9-7-10-6-5-8(9)3-1;2*1-2/h1-7H;1-2H3;2H2,1H3. The molecule has 0 aliphatic rings. The number of aromatic nitrogens is 1. The number of rotatable bonds is 0. The van der Waals surface area contributed by atoms with E-state index in [0.29, 0.717) is 0 Å². The van der Waals surface area contributed by atoms with Gasteiger partial charge in [-0.15, -0.1) is 0 Å². The van der Waals surface area contributed by atoms with Crippen molar-refractivity contribution in [2.45, 2.75) is 13.8 Å². The Morgan fingerprint density at radius 1 is 0.929 bits per heavy atom. The first-order valence-electron chi connectivity index (χ1n) is 4.83. The molecule has 0 saturated carbocycles. The van der Waals surface area contributed by atoms with Crippen LogP contribution in [0.15, 0.2) is 42.7 Å². The number of pyridine rings is 1. The van der Waals surface area contributed by atoms with Crippen LogP contribution in [0.5, 0.6) is 0 Å². The molecular weight excluding hydrogens is 172 g/mol. The van der Waals surface area contributed by atoms with Crippen LogP contribution in [0, 0.1) is 0 Å². The van der Waals surface area contributed by atoms with Crippen molar-refractivity contribution in [1.82, 2.24) is 4.98 Å². The summed E-state index contributed by atoms with van der Waals surface area (Å²) in [6.45, 7) is 4.00. The zero-order valence-electron chi connectivity index (χ0n) is 9.07. The highest BCUT2D eigenvalue weighted by atomic mass is 14.6. The molecule has 0 aliphatic heterocycles. The highest BCUT2D eigenvalue weighted by molar-refractivity contribution is 5.80. The molecule has 1 aromatic heterocycles. The van der Waals surface area contributed by atoms with Gasteiger partial charge < -0.3 is 5.73 Å². The summed E-state index contributed by atoms with van der Waals surface area (Å²) < 4.78 is 0. The van der Waals surface area contributed by atoms with E-state index in [1.54, 1.807) is 0 Å². The average molecular weight is 190 g/mol. The van der Waals surface area contributed by atoms with Crippen LogP contribution in [0.2, 0.25) is 0 Å². The van der Waals surface area contributed by atoms with Crippen molar-refractivity contribution in [3.8, 4) is 0 Å². The van der Waals surface area contributed by atoms with Crippen molar-refractivity contribution >= 4 is 10.8 Å². The molecule has 2 rings (SSSR count). The van der Waals surface area contributed by atoms with E-state index in [1.165, 1.54) is 17.8 Å². The van der Waals surface area contributed by atoms with Gasteiger partial charge in [0.05, 0.1) is 0 Å². The second-order valence-corrected chi connectivity index (χ2v) is 2.22. The SMILES string of the molecule is CC.CN.c1ccc2cnccc2c1. The van der Waals surface area contributed by atoms with Crippen LogP contribution < -0.4 is 5.73 Å². The van der Waals surface area contributed by atoms with Crippen molar-refractivity contribution in [3.63, 3.8) is 0 Å². The van der Waals surface area contributed by atoms with Crippen LogP contribution in [-0.2, 0) is 0 Å². The fraction of sp³-hybridized carbons (Fsp3) is 0.250. The molecule has 0 fully saturated rings. The quantitative estimate of drug-likeness (QED) is 0.693. The van der Waals surface area contributed by atoms with Crippen molar-refractivity contribution < 1.29 is 0 Å². The monoisotopic (exact) mass is 190 g/mol. The zero-order valence-corrected chi connectivity index (χ0v) is 9.07. The van der Waals surface area contributed by atoms with Gasteiger partial charge in [-0.25, -0.2) is 0 Å². The molecule has 1 heterocycles. The molecule has 0 bridgehead atoms. The Bertz CT molecular complexity index is 279. The Morgan fingerprint density at radius 3 is 2.07 bits per heavy atom. The molecule has 2 heteroatoms. The molecular formula is C12H18N2. The van der Waals surface area contributed by atoms with Gasteiger partial charge in [-0.3, -0.25) is 4.98 Å². The maximum absolute atomic E-state index is 4.50. The van der Waals surface area contributed by atoms with Crippen LogP contribution in [0.3, 0.4) is 0 Å². The molecule has 76 valence electrons. The Labute approximate surface area is 85.8 Å². The lowest BCUT2D eigenvalue weighted by molar-refractivity contribution is 1.36. The lowest BCUT2D eigenvalue weighted by Gasteiger charge is -1.91. The van der Waals surface area contributed by atoms with E-state index in [2.05, 4.69) is 22.9 Å². The smallest absolute Gasteiger partial charge is 0.0346 e. The molecule has 0 aliphatic carbocycles. The minimum atomic E-state index is 1.20. The average Bonchev–Trinajstić information content (AvgIpc) is 2.34. The van der Waals surface area contributed by atoms with Gasteiger partial charge in [0.2, 0.25) is 0 Å². The zero-order chi connectivity index (χ0) is 10.8. The topological polar surface area (TPSA) is 38.9 Å². The number of hydrogen-bond acceptors (Lipinski definition) is 2. The summed E-state index contributed by atoms with van der Waals surface area (Å²) in [6.07, 6.45) is 3.68. The Hall–Kier alpha value is -1.41. The molecule has 0 amide bonds. The van der Waals surface area contributed by atoms with Crippen LogP contribution in [-0.4, -0.2) is 12.0 Å². The van der Waals surface area contributed by atoms with E-state index < -0.39 is 0 Å². The van der Waals surface area contributed by atoms with Crippen LogP contribution >= 0.6 is 0 Å². The van der Waals surface area contributed by atoms with E-state index in [9.17, 15) is 0 Å². The molecule has 2 N–H and O–H groups in total. The highest BCUT2D eigenvalue weighted by Gasteiger charge is 1.86. The number of nitrogens with zero attached hydrogens (tertiary/aromatic N) is 1. The van der Waals surface area contributed by atoms with Gasteiger partial charge in [-0.05, 0) is 23.9 Å². The third kappa shape index (κ3) is 3.54. The van der Waals surface area contributed by atoms with Gasteiger partial charge in [0, 0.05) is 12.4 Å². The van der Waals surface area contributed by atoms with Gasteiger partial charge in [0.15, 0.2) is 0 Å². The molecule has 2 aromatic rings. The largest absolute Gasteiger partial charge is 0.333 e. The lowest BCUT2D eigenvalue weighted by Crippen LogP contribution is -1.71. The first kappa shape index (κ1) is 12.6.